The maximum absolute atomic E-state index is 13.3. The molecule has 0 fully saturated rings. The number of amides is 2. The second kappa shape index (κ2) is 6.25. The van der Waals surface area contributed by atoms with E-state index in [1.54, 1.807) is 6.92 Å². The summed E-state index contributed by atoms with van der Waals surface area (Å²) in [6, 6.07) is 2.48. The lowest BCUT2D eigenvalue weighted by Crippen LogP contribution is -2.29. The van der Waals surface area contributed by atoms with Gasteiger partial charge in [-0.3, -0.25) is 0 Å². The Balaban J connectivity index is 2.76. The third kappa shape index (κ3) is 3.79. The van der Waals surface area contributed by atoms with E-state index in [4.69, 9.17) is 5.11 Å². The lowest BCUT2D eigenvalue weighted by Gasteiger charge is -2.07. The molecule has 0 saturated heterocycles. The minimum atomic E-state index is -1.20. The molecule has 1 aromatic rings. The Morgan fingerprint density at radius 1 is 1.44 bits per heavy atom. The maximum Gasteiger partial charge on any atom is 0.335 e. The van der Waals surface area contributed by atoms with Gasteiger partial charge in [-0.05, 0) is 25.1 Å². The third-order valence-electron chi connectivity index (χ3n) is 1.98. The first-order valence-electron chi connectivity index (χ1n) is 5.02. The van der Waals surface area contributed by atoms with E-state index < -0.39 is 17.8 Å². The molecule has 0 heterocycles. The summed E-state index contributed by atoms with van der Waals surface area (Å²) in [5.74, 6) is 3.27. The van der Waals surface area contributed by atoms with Crippen LogP contribution in [-0.2, 0) is 0 Å². The van der Waals surface area contributed by atoms with E-state index in [-0.39, 0.29) is 17.8 Å². The minimum Gasteiger partial charge on any atom is -0.478 e. The van der Waals surface area contributed by atoms with E-state index in [9.17, 15) is 14.0 Å². The molecule has 1 aromatic carbocycles. The highest BCUT2D eigenvalue weighted by molar-refractivity contribution is 5.93. The molecular weight excluding hydrogens is 239 g/mol. The van der Waals surface area contributed by atoms with Crippen LogP contribution in [0, 0.1) is 17.7 Å². The van der Waals surface area contributed by atoms with Crippen molar-refractivity contribution in [3.63, 3.8) is 0 Å². The summed E-state index contributed by atoms with van der Waals surface area (Å²) >= 11 is 0. The van der Waals surface area contributed by atoms with Gasteiger partial charge in [0.2, 0.25) is 0 Å². The molecule has 0 aliphatic rings. The van der Waals surface area contributed by atoms with Crippen LogP contribution in [0.1, 0.15) is 17.3 Å². The van der Waals surface area contributed by atoms with Gasteiger partial charge < -0.3 is 15.7 Å². The number of carbonyl (C=O) groups excluding carboxylic acids is 1. The number of anilines is 1. The van der Waals surface area contributed by atoms with Crippen LogP contribution in [0.25, 0.3) is 0 Å². The molecule has 94 valence electrons. The van der Waals surface area contributed by atoms with Gasteiger partial charge in [0, 0.05) is 0 Å². The van der Waals surface area contributed by atoms with Gasteiger partial charge in [0.05, 0.1) is 17.8 Å². The second-order valence-electron chi connectivity index (χ2n) is 3.23. The van der Waals surface area contributed by atoms with Gasteiger partial charge in [-0.25, -0.2) is 14.0 Å². The number of nitrogens with one attached hydrogen (secondary N) is 2. The first kappa shape index (κ1) is 13.5. The smallest absolute Gasteiger partial charge is 0.335 e. The van der Waals surface area contributed by atoms with Gasteiger partial charge in [0.15, 0.2) is 0 Å². The molecule has 0 bridgehead atoms. The number of carboxylic acids is 1. The number of carbonyl (C=O) groups is 2. The monoisotopic (exact) mass is 250 g/mol. The van der Waals surface area contributed by atoms with E-state index in [1.165, 1.54) is 0 Å². The van der Waals surface area contributed by atoms with Gasteiger partial charge in [-0.2, -0.15) is 0 Å². The first-order chi connectivity index (χ1) is 8.54. The van der Waals surface area contributed by atoms with Crippen molar-refractivity contribution in [3.05, 3.63) is 29.6 Å². The molecule has 3 N–H and O–H groups in total. The van der Waals surface area contributed by atoms with Crippen LogP contribution in [0.4, 0.5) is 14.9 Å². The number of carboxylic acid groups (broad SMARTS) is 1. The Kier molecular flexibility index (Phi) is 4.69. The van der Waals surface area contributed by atoms with Crippen molar-refractivity contribution in [1.29, 1.82) is 0 Å². The van der Waals surface area contributed by atoms with Crippen LogP contribution >= 0.6 is 0 Å². The number of benzene rings is 1. The van der Waals surface area contributed by atoms with Crippen LogP contribution in [-0.4, -0.2) is 23.7 Å². The molecule has 18 heavy (non-hydrogen) atoms. The van der Waals surface area contributed by atoms with Crippen molar-refractivity contribution in [1.82, 2.24) is 5.32 Å². The SMILES string of the molecule is CC#CCNC(=O)Nc1cc(C(=O)O)ccc1F. The minimum absolute atomic E-state index is 0.111. The van der Waals surface area contributed by atoms with Gasteiger partial charge in [-0.15, -0.1) is 5.92 Å². The van der Waals surface area contributed by atoms with Crippen molar-refractivity contribution < 1.29 is 19.1 Å². The molecule has 2 amide bonds. The molecule has 0 saturated carbocycles. The van der Waals surface area contributed by atoms with E-state index in [2.05, 4.69) is 22.5 Å². The summed E-state index contributed by atoms with van der Waals surface area (Å²) in [4.78, 5) is 22.0. The second-order valence-corrected chi connectivity index (χ2v) is 3.23. The Bertz CT molecular complexity index is 532. The topological polar surface area (TPSA) is 78.4 Å². The van der Waals surface area contributed by atoms with Gasteiger partial charge in [-0.1, -0.05) is 5.92 Å². The van der Waals surface area contributed by atoms with Gasteiger partial charge in [0.1, 0.15) is 5.82 Å². The standard InChI is InChI=1S/C12H11FN2O3/c1-2-3-6-14-12(18)15-10-7-8(11(16)17)4-5-9(10)13/h4-5,7H,6H2,1H3,(H,16,17)(H2,14,15,18). The largest absolute Gasteiger partial charge is 0.478 e. The van der Waals surface area contributed by atoms with Crippen LogP contribution in [0.3, 0.4) is 0 Å². The molecule has 6 heteroatoms. The molecule has 0 aliphatic carbocycles. The zero-order chi connectivity index (χ0) is 13.5. The number of hydrogen-bond donors (Lipinski definition) is 3. The molecule has 0 unspecified atom stereocenters. The Morgan fingerprint density at radius 2 is 2.17 bits per heavy atom. The van der Waals surface area contributed by atoms with E-state index >= 15 is 0 Å². The van der Waals surface area contributed by atoms with Crippen LogP contribution in [0.2, 0.25) is 0 Å². The number of rotatable bonds is 3. The zero-order valence-electron chi connectivity index (χ0n) is 9.58. The van der Waals surface area contributed by atoms with Crippen molar-refractivity contribution in [2.24, 2.45) is 0 Å². The average Bonchev–Trinajstić information content (AvgIpc) is 2.32. The van der Waals surface area contributed by atoms with Crippen molar-refractivity contribution in [2.75, 3.05) is 11.9 Å². The Labute approximate surface area is 103 Å². The highest BCUT2D eigenvalue weighted by Gasteiger charge is 2.10. The Hall–Kier alpha value is -2.55. The maximum atomic E-state index is 13.3. The third-order valence-corrected chi connectivity index (χ3v) is 1.98. The molecular formula is C12H11FN2O3. The average molecular weight is 250 g/mol. The predicted molar refractivity (Wildman–Crippen MR) is 63.8 cm³/mol. The molecule has 0 aliphatic heterocycles. The number of aromatic carboxylic acids is 1. The van der Waals surface area contributed by atoms with Gasteiger partial charge >= 0.3 is 12.0 Å². The Morgan fingerprint density at radius 3 is 2.78 bits per heavy atom. The van der Waals surface area contributed by atoms with Crippen molar-refractivity contribution in [2.45, 2.75) is 6.92 Å². The fourth-order valence-corrected chi connectivity index (χ4v) is 1.13. The molecule has 0 radical (unpaired) electrons. The van der Waals surface area contributed by atoms with Crippen molar-refractivity contribution in [3.8, 4) is 11.8 Å². The summed E-state index contributed by atoms with van der Waals surface area (Å²) in [7, 11) is 0. The van der Waals surface area contributed by atoms with E-state index in [0.29, 0.717) is 0 Å². The summed E-state index contributed by atoms with van der Waals surface area (Å²) in [6.07, 6.45) is 0. The summed E-state index contributed by atoms with van der Waals surface area (Å²) in [5.41, 5.74) is -0.308. The summed E-state index contributed by atoms with van der Waals surface area (Å²) in [5, 5.41) is 13.3. The lowest BCUT2D eigenvalue weighted by atomic mass is 10.2. The highest BCUT2D eigenvalue weighted by Crippen LogP contribution is 2.16. The molecule has 1 rings (SSSR count). The van der Waals surface area contributed by atoms with Crippen LogP contribution in [0.15, 0.2) is 18.2 Å². The van der Waals surface area contributed by atoms with E-state index in [1.807, 2.05) is 0 Å². The molecule has 0 spiro atoms. The molecule has 0 aromatic heterocycles. The summed E-state index contributed by atoms with van der Waals surface area (Å²) in [6.45, 7) is 1.75. The predicted octanol–water partition coefficient (Wildman–Crippen LogP) is 1.67. The molecule has 0 atom stereocenters. The lowest BCUT2D eigenvalue weighted by molar-refractivity contribution is 0.0697. The first-order valence-corrected chi connectivity index (χ1v) is 5.02. The highest BCUT2D eigenvalue weighted by atomic mass is 19.1. The quantitative estimate of drug-likeness (QED) is 0.714. The number of urea groups is 1. The fraction of sp³-hybridized carbons (Fsp3) is 0.167. The zero-order valence-corrected chi connectivity index (χ0v) is 9.58. The van der Waals surface area contributed by atoms with Gasteiger partial charge in [0.25, 0.3) is 0 Å². The van der Waals surface area contributed by atoms with Crippen LogP contribution in [0.5, 0.6) is 0 Å². The fourth-order valence-electron chi connectivity index (χ4n) is 1.13. The number of hydrogen-bond acceptors (Lipinski definition) is 2. The normalized spacial score (nSPS) is 9.00. The van der Waals surface area contributed by atoms with Crippen LogP contribution < -0.4 is 10.6 Å². The summed E-state index contributed by atoms with van der Waals surface area (Å²) < 4.78 is 13.3. The van der Waals surface area contributed by atoms with E-state index in [0.717, 1.165) is 18.2 Å². The van der Waals surface area contributed by atoms with Crippen molar-refractivity contribution >= 4 is 17.7 Å². The number of halogens is 1. The molecule has 5 nitrogen and oxygen atoms in total.